The molecule has 1 N–H and O–H groups in total. The van der Waals surface area contributed by atoms with Crippen LogP contribution in [0.15, 0.2) is 12.4 Å². The minimum Gasteiger partial charge on any atom is -0.335 e. The number of hydrogen-bond acceptors (Lipinski definition) is 2. The number of carbonyl (C=O) groups is 1. The van der Waals surface area contributed by atoms with E-state index in [1.165, 1.54) is 19.3 Å². The highest BCUT2D eigenvalue weighted by Crippen LogP contribution is 2.21. The fourth-order valence-corrected chi connectivity index (χ4v) is 3.71. The average molecular weight is 304 g/mol. The van der Waals surface area contributed by atoms with Gasteiger partial charge in [0, 0.05) is 38.1 Å². The molecule has 2 aliphatic rings. The lowest BCUT2D eigenvalue weighted by molar-refractivity contribution is 0.159. The largest absolute Gasteiger partial charge is 0.335 e. The first-order valence-electron chi connectivity index (χ1n) is 8.75. The third-order valence-electron chi connectivity index (χ3n) is 5.21. The predicted octanol–water partition coefficient (Wildman–Crippen LogP) is 2.95. The van der Waals surface area contributed by atoms with Crippen LogP contribution in [0.2, 0.25) is 0 Å². The van der Waals surface area contributed by atoms with Gasteiger partial charge in [-0.15, -0.1) is 0 Å². The van der Waals surface area contributed by atoms with Gasteiger partial charge in [-0.2, -0.15) is 0 Å². The molecule has 2 fully saturated rings. The number of nitrogens with zero attached hydrogens (tertiary/aromatic N) is 3. The van der Waals surface area contributed by atoms with Crippen molar-refractivity contribution in [2.24, 2.45) is 5.92 Å². The number of imidazole rings is 1. The Morgan fingerprint density at radius 3 is 2.59 bits per heavy atom. The fourth-order valence-electron chi connectivity index (χ4n) is 3.71. The van der Waals surface area contributed by atoms with Crippen molar-refractivity contribution in [3.05, 3.63) is 18.2 Å². The van der Waals surface area contributed by atoms with Gasteiger partial charge in [0.05, 0.1) is 0 Å². The van der Waals surface area contributed by atoms with Gasteiger partial charge in [0.2, 0.25) is 0 Å². The number of aryl methyl sites for hydroxylation is 1. The summed E-state index contributed by atoms with van der Waals surface area (Å²) < 4.78 is 2.22. The van der Waals surface area contributed by atoms with Crippen LogP contribution in [0.5, 0.6) is 0 Å². The molecule has 3 rings (SSSR count). The zero-order valence-electron chi connectivity index (χ0n) is 13.6. The van der Waals surface area contributed by atoms with Gasteiger partial charge < -0.3 is 14.8 Å². The summed E-state index contributed by atoms with van der Waals surface area (Å²) in [4.78, 5) is 18.6. The molecule has 0 spiro atoms. The molecule has 0 bridgehead atoms. The van der Waals surface area contributed by atoms with Crippen molar-refractivity contribution in [2.75, 3.05) is 13.1 Å². The SMILES string of the molecule is Cc1nccn1CC1CCN(C(=O)NC2CCCCC2)CC1. The number of likely N-dealkylation sites (tertiary alicyclic amines) is 1. The lowest BCUT2D eigenvalue weighted by Gasteiger charge is -2.34. The molecule has 1 aromatic rings. The second kappa shape index (κ2) is 7.16. The highest BCUT2D eigenvalue weighted by molar-refractivity contribution is 5.74. The molecule has 22 heavy (non-hydrogen) atoms. The molecule has 1 aliphatic carbocycles. The number of nitrogens with one attached hydrogen (secondary N) is 1. The number of carbonyl (C=O) groups excluding carboxylic acids is 1. The number of hydrogen-bond donors (Lipinski definition) is 1. The Hall–Kier alpha value is -1.52. The van der Waals surface area contributed by atoms with E-state index in [-0.39, 0.29) is 6.03 Å². The van der Waals surface area contributed by atoms with Crippen LogP contribution in [-0.4, -0.2) is 39.6 Å². The Bertz CT molecular complexity index is 485. The first-order chi connectivity index (χ1) is 10.7. The van der Waals surface area contributed by atoms with E-state index in [1.54, 1.807) is 0 Å². The van der Waals surface area contributed by atoms with Gasteiger partial charge in [-0.1, -0.05) is 19.3 Å². The molecule has 0 atom stereocenters. The van der Waals surface area contributed by atoms with Gasteiger partial charge in [0.1, 0.15) is 5.82 Å². The monoisotopic (exact) mass is 304 g/mol. The average Bonchev–Trinajstić information content (AvgIpc) is 2.94. The van der Waals surface area contributed by atoms with Gasteiger partial charge in [-0.25, -0.2) is 9.78 Å². The summed E-state index contributed by atoms with van der Waals surface area (Å²) >= 11 is 0. The summed E-state index contributed by atoms with van der Waals surface area (Å²) in [5.74, 6) is 1.74. The highest BCUT2D eigenvalue weighted by Gasteiger charge is 2.25. The molecule has 5 heteroatoms. The van der Waals surface area contributed by atoms with E-state index in [1.807, 2.05) is 18.0 Å². The third kappa shape index (κ3) is 3.81. The minimum atomic E-state index is 0.157. The third-order valence-corrected chi connectivity index (χ3v) is 5.21. The number of piperidine rings is 1. The van der Waals surface area contributed by atoms with Crippen molar-refractivity contribution >= 4 is 6.03 Å². The lowest BCUT2D eigenvalue weighted by Crippen LogP contribution is -2.48. The van der Waals surface area contributed by atoms with Gasteiger partial charge >= 0.3 is 6.03 Å². The maximum Gasteiger partial charge on any atom is 0.317 e. The van der Waals surface area contributed by atoms with Crippen LogP contribution < -0.4 is 5.32 Å². The Kier molecular flexibility index (Phi) is 5.01. The van der Waals surface area contributed by atoms with E-state index in [9.17, 15) is 4.79 Å². The van der Waals surface area contributed by atoms with Crippen molar-refractivity contribution in [1.82, 2.24) is 19.8 Å². The molecule has 0 aromatic carbocycles. The standard InChI is InChI=1S/C17H28N4O/c1-14-18-9-12-21(14)13-15-7-10-20(11-8-15)17(22)19-16-5-3-2-4-6-16/h9,12,15-16H,2-8,10-11,13H2,1H3,(H,19,22). The van der Waals surface area contributed by atoms with E-state index >= 15 is 0 Å². The zero-order chi connectivity index (χ0) is 15.4. The normalized spacial score (nSPS) is 21.0. The van der Waals surface area contributed by atoms with Crippen molar-refractivity contribution in [2.45, 2.75) is 64.5 Å². The number of aromatic nitrogens is 2. The van der Waals surface area contributed by atoms with E-state index in [0.29, 0.717) is 12.0 Å². The summed E-state index contributed by atoms with van der Waals surface area (Å²) in [7, 11) is 0. The fraction of sp³-hybridized carbons (Fsp3) is 0.765. The number of rotatable bonds is 3. The summed E-state index contributed by atoms with van der Waals surface area (Å²) in [5, 5.41) is 3.23. The smallest absolute Gasteiger partial charge is 0.317 e. The maximum absolute atomic E-state index is 12.3. The Balaban J connectivity index is 1.43. The molecule has 1 aromatic heterocycles. The number of urea groups is 1. The summed E-state index contributed by atoms with van der Waals surface area (Å²) in [6, 6.07) is 0.566. The van der Waals surface area contributed by atoms with Crippen LogP contribution >= 0.6 is 0 Å². The predicted molar refractivity (Wildman–Crippen MR) is 86.7 cm³/mol. The second-order valence-electron chi connectivity index (χ2n) is 6.84. The number of amides is 2. The lowest BCUT2D eigenvalue weighted by atomic mass is 9.95. The van der Waals surface area contributed by atoms with Crippen LogP contribution in [0.3, 0.4) is 0 Å². The molecule has 2 amide bonds. The van der Waals surface area contributed by atoms with Gasteiger partial charge in [0.15, 0.2) is 0 Å². The second-order valence-corrected chi connectivity index (χ2v) is 6.84. The minimum absolute atomic E-state index is 0.157. The van der Waals surface area contributed by atoms with Crippen LogP contribution in [0, 0.1) is 12.8 Å². The molecule has 1 aliphatic heterocycles. The Morgan fingerprint density at radius 2 is 1.95 bits per heavy atom. The summed E-state index contributed by atoms with van der Waals surface area (Å²) in [5.41, 5.74) is 0. The van der Waals surface area contributed by atoms with Crippen molar-refractivity contribution < 1.29 is 4.79 Å². The molecule has 0 radical (unpaired) electrons. The Labute approximate surface area is 133 Å². The van der Waals surface area contributed by atoms with Crippen LogP contribution in [0.4, 0.5) is 4.79 Å². The quantitative estimate of drug-likeness (QED) is 0.933. The molecule has 5 nitrogen and oxygen atoms in total. The summed E-state index contributed by atoms with van der Waals surface area (Å²) in [6.45, 7) is 4.85. The Morgan fingerprint density at radius 1 is 1.23 bits per heavy atom. The van der Waals surface area contributed by atoms with E-state index < -0.39 is 0 Å². The van der Waals surface area contributed by atoms with Crippen molar-refractivity contribution in [3.8, 4) is 0 Å². The molecule has 1 saturated carbocycles. The molecular formula is C17H28N4O. The molecule has 1 saturated heterocycles. The van der Waals surface area contributed by atoms with E-state index in [2.05, 4.69) is 21.1 Å². The first kappa shape index (κ1) is 15.4. The zero-order valence-corrected chi connectivity index (χ0v) is 13.6. The molecular weight excluding hydrogens is 276 g/mol. The highest BCUT2D eigenvalue weighted by atomic mass is 16.2. The molecule has 122 valence electrons. The van der Waals surface area contributed by atoms with Crippen LogP contribution in [-0.2, 0) is 6.54 Å². The first-order valence-corrected chi connectivity index (χ1v) is 8.75. The van der Waals surface area contributed by atoms with Gasteiger partial charge in [0.25, 0.3) is 0 Å². The van der Waals surface area contributed by atoms with Crippen LogP contribution in [0.1, 0.15) is 50.8 Å². The topological polar surface area (TPSA) is 50.2 Å². The molecule has 2 heterocycles. The maximum atomic E-state index is 12.3. The van der Waals surface area contributed by atoms with E-state index in [4.69, 9.17) is 0 Å². The molecule has 0 unspecified atom stereocenters. The van der Waals surface area contributed by atoms with Gasteiger partial charge in [-0.3, -0.25) is 0 Å². The summed E-state index contributed by atoms with van der Waals surface area (Å²) in [6.07, 6.45) is 12.3. The van der Waals surface area contributed by atoms with Crippen molar-refractivity contribution in [3.63, 3.8) is 0 Å². The van der Waals surface area contributed by atoms with Gasteiger partial charge in [-0.05, 0) is 38.5 Å². The van der Waals surface area contributed by atoms with E-state index in [0.717, 1.165) is 51.1 Å². The van der Waals surface area contributed by atoms with Crippen molar-refractivity contribution in [1.29, 1.82) is 0 Å². The van der Waals surface area contributed by atoms with Crippen LogP contribution in [0.25, 0.3) is 0 Å².